The Morgan fingerprint density at radius 1 is 0.939 bits per heavy atom. The molecule has 0 radical (unpaired) electrons. The van der Waals surface area contributed by atoms with E-state index in [0.29, 0.717) is 11.9 Å². The van der Waals surface area contributed by atoms with Crippen molar-refractivity contribution in [2.75, 3.05) is 19.8 Å². The fourth-order valence-corrected chi connectivity index (χ4v) is 3.00. The number of fused-ring (bicyclic) bond motifs is 1. The minimum atomic E-state index is -4.69. The van der Waals surface area contributed by atoms with Gasteiger partial charge in [0, 0.05) is 23.6 Å². The molecule has 0 bridgehead atoms. The standard InChI is InChI=1S/C21H17F7N2O3/c22-13-1-3-15-12(9-30-17(15)7-13)5-6-29-19(31)16-8-14(32-10-20(23,24)25)2-4-18(16)33-11-21(26,27)28/h1-4,7-9,30H,5-6,10-11H2,(H,29,31). The molecule has 3 rings (SSSR count). The van der Waals surface area contributed by atoms with E-state index in [2.05, 4.69) is 19.8 Å². The van der Waals surface area contributed by atoms with Crippen molar-refractivity contribution in [3.63, 3.8) is 0 Å². The van der Waals surface area contributed by atoms with Crippen LogP contribution in [-0.4, -0.2) is 43.0 Å². The van der Waals surface area contributed by atoms with Gasteiger partial charge in [0.15, 0.2) is 13.2 Å². The predicted molar refractivity (Wildman–Crippen MR) is 104 cm³/mol. The molecule has 0 aliphatic rings. The summed E-state index contributed by atoms with van der Waals surface area (Å²) in [6.07, 6.45) is -7.41. The maximum absolute atomic E-state index is 13.3. The van der Waals surface area contributed by atoms with Crippen LogP contribution in [0.2, 0.25) is 0 Å². The highest BCUT2D eigenvalue weighted by atomic mass is 19.4. The van der Waals surface area contributed by atoms with Gasteiger partial charge in [-0.2, -0.15) is 26.3 Å². The van der Waals surface area contributed by atoms with E-state index in [1.165, 1.54) is 12.1 Å². The Morgan fingerprint density at radius 2 is 1.64 bits per heavy atom. The number of aromatic nitrogens is 1. The summed E-state index contributed by atoms with van der Waals surface area (Å²) in [5, 5.41) is 3.21. The summed E-state index contributed by atoms with van der Waals surface area (Å²) in [5.74, 6) is -2.12. The summed E-state index contributed by atoms with van der Waals surface area (Å²) in [5.41, 5.74) is 0.884. The maximum atomic E-state index is 13.3. The van der Waals surface area contributed by atoms with Gasteiger partial charge in [-0.05, 0) is 48.4 Å². The predicted octanol–water partition coefficient (Wildman–Crippen LogP) is 5.16. The number of ether oxygens (including phenoxy) is 2. The molecule has 2 aromatic carbocycles. The summed E-state index contributed by atoms with van der Waals surface area (Å²) in [4.78, 5) is 15.5. The number of amides is 1. The Bertz CT molecular complexity index is 1120. The van der Waals surface area contributed by atoms with E-state index in [9.17, 15) is 35.5 Å². The highest BCUT2D eigenvalue weighted by molar-refractivity contribution is 5.97. The van der Waals surface area contributed by atoms with Gasteiger partial charge in [-0.15, -0.1) is 0 Å². The van der Waals surface area contributed by atoms with Gasteiger partial charge in [-0.3, -0.25) is 4.79 Å². The third-order valence-corrected chi connectivity index (χ3v) is 4.40. The van der Waals surface area contributed by atoms with E-state index in [1.54, 1.807) is 12.3 Å². The first kappa shape index (κ1) is 24.2. The summed E-state index contributed by atoms with van der Waals surface area (Å²) >= 11 is 0. The first-order valence-corrected chi connectivity index (χ1v) is 9.48. The van der Waals surface area contributed by atoms with E-state index >= 15 is 0 Å². The fraction of sp³-hybridized carbons (Fsp3) is 0.286. The first-order valence-electron chi connectivity index (χ1n) is 9.48. The Labute approximate surface area is 182 Å². The van der Waals surface area contributed by atoms with Crippen molar-refractivity contribution < 1.29 is 45.0 Å². The Morgan fingerprint density at radius 3 is 2.33 bits per heavy atom. The van der Waals surface area contributed by atoms with Crippen molar-refractivity contribution in [1.29, 1.82) is 0 Å². The van der Waals surface area contributed by atoms with E-state index in [-0.39, 0.29) is 12.3 Å². The van der Waals surface area contributed by atoms with Crippen molar-refractivity contribution in [3.8, 4) is 11.5 Å². The van der Waals surface area contributed by atoms with Crippen LogP contribution in [-0.2, 0) is 6.42 Å². The van der Waals surface area contributed by atoms with Crippen LogP contribution in [0.5, 0.6) is 11.5 Å². The number of carbonyl (C=O) groups is 1. The number of aromatic amines is 1. The number of H-pyrrole nitrogens is 1. The number of carbonyl (C=O) groups excluding carboxylic acids is 1. The zero-order valence-corrected chi connectivity index (χ0v) is 16.7. The molecule has 5 nitrogen and oxygen atoms in total. The summed E-state index contributed by atoms with van der Waals surface area (Å²) in [6, 6.07) is 6.91. The zero-order valence-electron chi connectivity index (χ0n) is 16.7. The molecule has 0 aliphatic carbocycles. The molecule has 1 aromatic heterocycles. The quantitative estimate of drug-likeness (QED) is 0.440. The van der Waals surface area contributed by atoms with Gasteiger partial charge in [0.1, 0.15) is 17.3 Å². The average molecular weight is 478 g/mol. The van der Waals surface area contributed by atoms with Gasteiger partial charge < -0.3 is 19.8 Å². The molecule has 0 atom stereocenters. The number of benzene rings is 2. The number of rotatable bonds is 8. The second kappa shape index (κ2) is 9.59. The van der Waals surface area contributed by atoms with E-state index in [1.807, 2.05) is 0 Å². The van der Waals surface area contributed by atoms with Gasteiger partial charge in [-0.1, -0.05) is 0 Å². The highest BCUT2D eigenvalue weighted by Gasteiger charge is 2.30. The van der Waals surface area contributed by atoms with Crippen molar-refractivity contribution in [3.05, 3.63) is 59.5 Å². The highest BCUT2D eigenvalue weighted by Crippen LogP contribution is 2.28. The first-order chi connectivity index (χ1) is 15.4. The van der Waals surface area contributed by atoms with Crippen LogP contribution in [0.1, 0.15) is 15.9 Å². The summed E-state index contributed by atoms with van der Waals surface area (Å²) in [7, 11) is 0. The second-order valence-corrected chi connectivity index (χ2v) is 6.98. The monoisotopic (exact) mass is 478 g/mol. The number of alkyl halides is 6. The number of hydrogen-bond acceptors (Lipinski definition) is 3. The lowest BCUT2D eigenvalue weighted by Crippen LogP contribution is -2.27. The van der Waals surface area contributed by atoms with Crippen LogP contribution in [0.3, 0.4) is 0 Å². The summed E-state index contributed by atoms with van der Waals surface area (Å²) in [6.45, 7) is -3.30. The Kier molecular flexibility index (Phi) is 7.04. The maximum Gasteiger partial charge on any atom is 0.422 e. The molecular weight excluding hydrogens is 461 g/mol. The molecule has 0 spiro atoms. The molecule has 12 heteroatoms. The van der Waals surface area contributed by atoms with Gasteiger partial charge in [0.05, 0.1) is 5.56 Å². The van der Waals surface area contributed by atoms with Crippen molar-refractivity contribution in [2.45, 2.75) is 18.8 Å². The van der Waals surface area contributed by atoms with Crippen LogP contribution >= 0.6 is 0 Å². The van der Waals surface area contributed by atoms with E-state index in [0.717, 1.165) is 29.1 Å². The third kappa shape index (κ3) is 7.02. The molecule has 3 aromatic rings. The van der Waals surface area contributed by atoms with Crippen molar-refractivity contribution in [2.24, 2.45) is 0 Å². The number of hydrogen-bond donors (Lipinski definition) is 2. The van der Waals surface area contributed by atoms with Gasteiger partial charge in [0.2, 0.25) is 0 Å². The number of halogens is 7. The second-order valence-electron chi connectivity index (χ2n) is 6.98. The van der Waals surface area contributed by atoms with Crippen LogP contribution in [0.25, 0.3) is 10.9 Å². The molecule has 0 aliphatic heterocycles. The lowest BCUT2D eigenvalue weighted by molar-refractivity contribution is -0.154. The fourth-order valence-electron chi connectivity index (χ4n) is 3.00. The van der Waals surface area contributed by atoms with Crippen molar-refractivity contribution >= 4 is 16.8 Å². The van der Waals surface area contributed by atoms with E-state index in [4.69, 9.17) is 0 Å². The molecule has 33 heavy (non-hydrogen) atoms. The summed E-state index contributed by atoms with van der Waals surface area (Å²) < 4.78 is 97.2. The normalized spacial score (nSPS) is 12.1. The molecule has 0 fully saturated rings. The molecule has 0 saturated carbocycles. The Balaban J connectivity index is 1.72. The SMILES string of the molecule is O=C(NCCc1c[nH]c2cc(F)ccc12)c1cc(OCC(F)(F)F)ccc1OCC(F)(F)F. The lowest BCUT2D eigenvalue weighted by Gasteiger charge is -2.15. The van der Waals surface area contributed by atoms with Gasteiger partial charge >= 0.3 is 12.4 Å². The van der Waals surface area contributed by atoms with Gasteiger partial charge in [0.25, 0.3) is 5.91 Å². The smallest absolute Gasteiger partial charge is 0.422 e. The molecule has 1 heterocycles. The topological polar surface area (TPSA) is 63.4 Å². The van der Waals surface area contributed by atoms with Crippen LogP contribution in [0, 0.1) is 5.82 Å². The molecule has 1 amide bonds. The minimum Gasteiger partial charge on any atom is -0.484 e. The van der Waals surface area contributed by atoms with Crippen molar-refractivity contribution in [1.82, 2.24) is 10.3 Å². The van der Waals surface area contributed by atoms with Crippen LogP contribution in [0.4, 0.5) is 30.7 Å². The molecule has 178 valence electrons. The lowest BCUT2D eigenvalue weighted by atomic mass is 10.1. The van der Waals surface area contributed by atoms with Crippen LogP contribution in [0.15, 0.2) is 42.6 Å². The van der Waals surface area contributed by atoms with Gasteiger partial charge in [-0.25, -0.2) is 4.39 Å². The molecule has 0 saturated heterocycles. The number of nitrogens with one attached hydrogen (secondary N) is 2. The minimum absolute atomic E-state index is 0.0372. The Hall–Kier alpha value is -3.44. The zero-order chi connectivity index (χ0) is 24.2. The largest absolute Gasteiger partial charge is 0.484 e. The molecule has 0 unspecified atom stereocenters. The molecular formula is C21H17F7N2O3. The molecule has 2 N–H and O–H groups in total. The van der Waals surface area contributed by atoms with E-state index < -0.39 is 48.6 Å². The third-order valence-electron chi connectivity index (χ3n) is 4.40. The van der Waals surface area contributed by atoms with Crippen LogP contribution < -0.4 is 14.8 Å². The average Bonchev–Trinajstić information content (AvgIpc) is 3.11.